The van der Waals surface area contributed by atoms with Crippen LogP contribution in [0.2, 0.25) is 0 Å². The Bertz CT molecular complexity index is 1070. The van der Waals surface area contributed by atoms with Crippen LogP contribution in [-0.2, 0) is 10.0 Å². The van der Waals surface area contributed by atoms with Gasteiger partial charge in [0.25, 0.3) is 5.91 Å². The molecule has 2 aromatic rings. The molecule has 172 valence electrons. The van der Waals surface area contributed by atoms with Crippen LogP contribution >= 0.6 is 0 Å². The van der Waals surface area contributed by atoms with E-state index in [4.69, 9.17) is 0 Å². The molecule has 1 heterocycles. The Hall–Kier alpha value is -2.72. The molecule has 32 heavy (non-hydrogen) atoms. The zero-order valence-electron chi connectivity index (χ0n) is 17.4. The molecule has 0 spiro atoms. The summed E-state index contributed by atoms with van der Waals surface area (Å²) in [5.41, 5.74) is 1.58. The number of Topliss-reactive ketones (excluding diaryl/α,β-unsaturated/α-hetero) is 1. The van der Waals surface area contributed by atoms with Gasteiger partial charge in [-0.15, -0.1) is 0 Å². The van der Waals surface area contributed by atoms with Crippen LogP contribution in [0, 0.1) is 12.8 Å². The summed E-state index contributed by atoms with van der Waals surface area (Å²) in [4.78, 5) is 24.4. The van der Waals surface area contributed by atoms with Crippen LogP contribution < -0.4 is 5.32 Å². The van der Waals surface area contributed by atoms with E-state index < -0.39 is 28.7 Å². The SMILES string of the molecule is Cc1ccc(C(=O)C2CCN(S(=O)(=O)c3ccc(C(=O)NCC(F)(F)F)cc3)CC2)cc1. The predicted octanol–water partition coefficient (Wildman–Crippen LogP) is 3.57. The van der Waals surface area contributed by atoms with E-state index in [2.05, 4.69) is 0 Å². The number of halogens is 3. The lowest BCUT2D eigenvalue weighted by Crippen LogP contribution is -2.40. The first kappa shape index (κ1) is 23.9. The molecule has 1 saturated heterocycles. The van der Waals surface area contributed by atoms with Crippen molar-refractivity contribution in [3.63, 3.8) is 0 Å². The average molecular weight is 468 g/mol. The van der Waals surface area contributed by atoms with Crippen molar-refractivity contribution in [3.8, 4) is 0 Å². The first-order valence-electron chi connectivity index (χ1n) is 10.0. The maximum atomic E-state index is 12.9. The molecule has 0 bridgehead atoms. The van der Waals surface area contributed by atoms with E-state index >= 15 is 0 Å². The van der Waals surface area contributed by atoms with E-state index in [0.717, 1.165) is 5.56 Å². The Kier molecular flexibility index (Phi) is 7.04. The molecule has 3 rings (SSSR count). The first-order valence-corrected chi connectivity index (χ1v) is 11.5. The van der Waals surface area contributed by atoms with Crippen LogP contribution in [0.1, 0.15) is 39.1 Å². The number of alkyl halides is 3. The molecule has 1 fully saturated rings. The van der Waals surface area contributed by atoms with Crippen LogP contribution in [0.4, 0.5) is 13.2 Å². The highest BCUT2D eigenvalue weighted by molar-refractivity contribution is 7.89. The normalized spacial score (nSPS) is 16.0. The van der Waals surface area contributed by atoms with Gasteiger partial charge in [-0.25, -0.2) is 8.42 Å². The maximum Gasteiger partial charge on any atom is 0.405 e. The van der Waals surface area contributed by atoms with Gasteiger partial charge in [0.2, 0.25) is 10.0 Å². The van der Waals surface area contributed by atoms with Crippen molar-refractivity contribution in [1.29, 1.82) is 0 Å². The average Bonchev–Trinajstić information content (AvgIpc) is 2.77. The Balaban J connectivity index is 1.62. The summed E-state index contributed by atoms with van der Waals surface area (Å²) in [6, 6.07) is 12.0. The number of benzene rings is 2. The molecule has 2 aromatic carbocycles. The lowest BCUT2D eigenvalue weighted by atomic mass is 9.89. The van der Waals surface area contributed by atoms with Gasteiger partial charge in [-0.05, 0) is 44.0 Å². The number of nitrogens with one attached hydrogen (secondary N) is 1. The molecule has 1 aliphatic rings. The number of carbonyl (C=O) groups excluding carboxylic acids is 2. The zero-order valence-corrected chi connectivity index (χ0v) is 18.2. The Labute approximate surface area is 184 Å². The highest BCUT2D eigenvalue weighted by Crippen LogP contribution is 2.26. The number of rotatable bonds is 6. The van der Waals surface area contributed by atoms with Gasteiger partial charge in [0, 0.05) is 30.1 Å². The molecule has 0 saturated carbocycles. The largest absolute Gasteiger partial charge is 0.405 e. The topological polar surface area (TPSA) is 83.6 Å². The number of amides is 1. The fourth-order valence-corrected chi connectivity index (χ4v) is 4.99. The highest BCUT2D eigenvalue weighted by atomic mass is 32.2. The summed E-state index contributed by atoms with van der Waals surface area (Å²) in [7, 11) is -3.85. The number of ketones is 1. The van der Waals surface area contributed by atoms with Crippen LogP contribution in [0.3, 0.4) is 0 Å². The summed E-state index contributed by atoms with van der Waals surface area (Å²) >= 11 is 0. The van der Waals surface area contributed by atoms with Gasteiger partial charge in [-0.1, -0.05) is 29.8 Å². The minimum Gasteiger partial charge on any atom is -0.343 e. The minimum absolute atomic E-state index is 0.00345. The van der Waals surface area contributed by atoms with Crippen LogP contribution in [-0.4, -0.2) is 50.2 Å². The molecule has 1 N–H and O–H groups in total. The monoisotopic (exact) mass is 468 g/mol. The summed E-state index contributed by atoms with van der Waals surface area (Å²) in [6.07, 6.45) is -3.75. The fourth-order valence-electron chi connectivity index (χ4n) is 3.52. The summed E-state index contributed by atoms with van der Waals surface area (Å²) < 4.78 is 63.8. The molecule has 10 heteroatoms. The lowest BCUT2D eigenvalue weighted by molar-refractivity contribution is -0.123. The van der Waals surface area contributed by atoms with Gasteiger partial charge in [0.05, 0.1) is 4.90 Å². The Morgan fingerprint density at radius 2 is 1.50 bits per heavy atom. The second-order valence-electron chi connectivity index (χ2n) is 7.73. The quantitative estimate of drug-likeness (QED) is 0.657. The van der Waals surface area contributed by atoms with Gasteiger partial charge in [-0.2, -0.15) is 17.5 Å². The predicted molar refractivity (Wildman–Crippen MR) is 112 cm³/mol. The molecule has 0 unspecified atom stereocenters. The third kappa shape index (κ3) is 5.74. The van der Waals surface area contributed by atoms with Gasteiger partial charge in [-0.3, -0.25) is 9.59 Å². The second kappa shape index (κ2) is 9.41. The first-order chi connectivity index (χ1) is 15.0. The van der Waals surface area contributed by atoms with E-state index in [-0.39, 0.29) is 35.2 Å². The van der Waals surface area contributed by atoms with Crippen molar-refractivity contribution in [2.75, 3.05) is 19.6 Å². The van der Waals surface area contributed by atoms with Crippen molar-refractivity contribution < 1.29 is 31.2 Å². The van der Waals surface area contributed by atoms with Gasteiger partial charge in [0.1, 0.15) is 6.54 Å². The van der Waals surface area contributed by atoms with Gasteiger partial charge in [0.15, 0.2) is 5.78 Å². The van der Waals surface area contributed by atoms with Gasteiger partial charge >= 0.3 is 6.18 Å². The summed E-state index contributed by atoms with van der Waals surface area (Å²) in [5.74, 6) is -1.21. The molecule has 0 atom stereocenters. The molecule has 0 radical (unpaired) electrons. The zero-order chi connectivity index (χ0) is 23.5. The number of hydrogen-bond donors (Lipinski definition) is 1. The van der Waals surface area contributed by atoms with Gasteiger partial charge < -0.3 is 5.32 Å². The second-order valence-corrected chi connectivity index (χ2v) is 9.67. The van der Waals surface area contributed by atoms with E-state index in [1.807, 2.05) is 19.1 Å². The third-order valence-corrected chi connectivity index (χ3v) is 7.28. The smallest absolute Gasteiger partial charge is 0.343 e. The lowest BCUT2D eigenvalue weighted by Gasteiger charge is -2.30. The minimum atomic E-state index is -4.54. The molecule has 6 nitrogen and oxygen atoms in total. The van der Waals surface area contributed by atoms with Crippen molar-refractivity contribution in [3.05, 3.63) is 65.2 Å². The molecule has 1 aliphatic heterocycles. The van der Waals surface area contributed by atoms with Crippen molar-refractivity contribution >= 4 is 21.7 Å². The van der Waals surface area contributed by atoms with E-state index in [0.29, 0.717) is 18.4 Å². The Morgan fingerprint density at radius 1 is 0.969 bits per heavy atom. The number of piperidine rings is 1. The van der Waals surface area contributed by atoms with Crippen LogP contribution in [0.15, 0.2) is 53.4 Å². The van der Waals surface area contributed by atoms with Crippen molar-refractivity contribution in [1.82, 2.24) is 9.62 Å². The van der Waals surface area contributed by atoms with Crippen LogP contribution in [0.25, 0.3) is 0 Å². The van der Waals surface area contributed by atoms with Crippen LogP contribution in [0.5, 0.6) is 0 Å². The highest BCUT2D eigenvalue weighted by Gasteiger charge is 2.32. The number of carbonyl (C=O) groups is 2. The molecular formula is C22H23F3N2O4S. The molecule has 0 aromatic heterocycles. The van der Waals surface area contributed by atoms with Crippen molar-refractivity contribution in [2.24, 2.45) is 5.92 Å². The third-order valence-electron chi connectivity index (χ3n) is 5.36. The Morgan fingerprint density at radius 3 is 2.03 bits per heavy atom. The molecule has 0 aliphatic carbocycles. The molecule has 1 amide bonds. The number of aryl methyl sites for hydroxylation is 1. The number of hydrogen-bond acceptors (Lipinski definition) is 4. The standard InChI is InChI=1S/C22H23F3N2O4S/c1-15-2-4-16(5-3-15)20(28)17-10-12-27(13-11-17)32(30,31)19-8-6-18(7-9-19)21(29)26-14-22(23,24)25/h2-9,17H,10-14H2,1H3,(H,26,29). The number of sulfonamides is 1. The fraction of sp³-hybridized carbons (Fsp3) is 0.364. The van der Waals surface area contributed by atoms with E-state index in [1.54, 1.807) is 17.4 Å². The maximum absolute atomic E-state index is 12.9. The van der Waals surface area contributed by atoms with E-state index in [1.165, 1.54) is 28.6 Å². The molecular weight excluding hydrogens is 445 g/mol. The summed E-state index contributed by atoms with van der Waals surface area (Å²) in [5, 5.41) is 1.74. The summed E-state index contributed by atoms with van der Waals surface area (Å²) in [6.45, 7) is 0.818. The number of nitrogens with zero attached hydrogens (tertiary/aromatic N) is 1. The van der Waals surface area contributed by atoms with E-state index in [9.17, 15) is 31.2 Å². The van der Waals surface area contributed by atoms with Crippen molar-refractivity contribution in [2.45, 2.75) is 30.8 Å².